The summed E-state index contributed by atoms with van der Waals surface area (Å²) < 4.78 is 1.70. The molecule has 2 aromatic carbocycles. The van der Waals surface area contributed by atoms with Crippen LogP contribution in [-0.4, -0.2) is 33.7 Å². The van der Waals surface area contributed by atoms with Crippen molar-refractivity contribution in [3.05, 3.63) is 84.2 Å². The number of nitrogens with two attached hydrogens (primary N) is 1. The number of para-hydroxylation sites is 1. The van der Waals surface area contributed by atoms with Gasteiger partial charge in [0.1, 0.15) is 0 Å². The molecule has 5 heteroatoms. The van der Waals surface area contributed by atoms with Crippen LogP contribution in [0.2, 0.25) is 0 Å². The lowest BCUT2D eigenvalue weighted by atomic mass is 10.2. The summed E-state index contributed by atoms with van der Waals surface area (Å²) in [5, 5.41) is 4.29. The SMILES string of the molecule is NCCN(Cc1ccccc1)C(=O)c1cnn(-c2ccccc2)c1. The maximum absolute atomic E-state index is 12.8. The molecule has 0 bridgehead atoms. The minimum Gasteiger partial charge on any atom is -0.333 e. The van der Waals surface area contributed by atoms with E-state index in [0.29, 0.717) is 25.2 Å². The summed E-state index contributed by atoms with van der Waals surface area (Å²) in [5.41, 5.74) is 8.24. The van der Waals surface area contributed by atoms with Crippen molar-refractivity contribution in [3.63, 3.8) is 0 Å². The van der Waals surface area contributed by atoms with Crippen LogP contribution < -0.4 is 5.73 Å². The van der Waals surface area contributed by atoms with Gasteiger partial charge in [-0.3, -0.25) is 4.79 Å². The standard InChI is InChI=1S/C19H20N4O/c20-11-12-22(14-16-7-3-1-4-8-16)19(24)17-13-21-23(15-17)18-9-5-2-6-10-18/h1-10,13,15H,11-12,14,20H2. The maximum Gasteiger partial charge on any atom is 0.257 e. The minimum atomic E-state index is -0.0634. The molecule has 122 valence electrons. The Morgan fingerprint density at radius 1 is 1.04 bits per heavy atom. The number of benzene rings is 2. The highest BCUT2D eigenvalue weighted by Gasteiger charge is 2.17. The molecule has 0 fully saturated rings. The number of carbonyl (C=O) groups excluding carboxylic acids is 1. The Morgan fingerprint density at radius 3 is 2.38 bits per heavy atom. The van der Waals surface area contributed by atoms with E-state index in [1.165, 1.54) is 0 Å². The lowest BCUT2D eigenvalue weighted by molar-refractivity contribution is 0.0748. The van der Waals surface area contributed by atoms with Crippen LogP contribution in [0, 0.1) is 0 Å². The zero-order chi connectivity index (χ0) is 16.8. The highest BCUT2D eigenvalue weighted by molar-refractivity contribution is 5.93. The molecule has 2 N–H and O–H groups in total. The molecule has 0 spiro atoms. The zero-order valence-corrected chi connectivity index (χ0v) is 13.4. The van der Waals surface area contributed by atoms with Gasteiger partial charge < -0.3 is 10.6 Å². The van der Waals surface area contributed by atoms with Crippen molar-refractivity contribution >= 4 is 5.91 Å². The molecule has 0 aliphatic rings. The predicted octanol–water partition coefficient (Wildman–Crippen LogP) is 2.47. The van der Waals surface area contributed by atoms with Gasteiger partial charge in [-0.1, -0.05) is 48.5 Å². The van der Waals surface area contributed by atoms with Crippen LogP contribution in [-0.2, 0) is 6.54 Å². The van der Waals surface area contributed by atoms with E-state index in [-0.39, 0.29) is 5.91 Å². The second-order valence-corrected chi connectivity index (χ2v) is 5.51. The largest absolute Gasteiger partial charge is 0.333 e. The molecule has 0 saturated heterocycles. The van der Waals surface area contributed by atoms with Gasteiger partial charge in [-0.05, 0) is 17.7 Å². The molecule has 0 radical (unpaired) electrons. The monoisotopic (exact) mass is 320 g/mol. The lowest BCUT2D eigenvalue weighted by Crippen LogP contribution is -2.34. The Labute approximate surface area is 141 Å². The van der Waals surface area contributed by atoms with Crippen molar-refractivity contribution in [2.75, 3.05) is 13.1 Å². The van der Waals surface area contributed by atoms with Gasteiger partial charge in [0.2, 0.25) is 0 Å². The third kappa shape index (κ3) is 3.70. The van der Waals surface area contributed by atoms with Crippen molar-refractivity contribution in [1.82, 2.24) is 14.7 Å². The first-order valence-corrected chi connectivity index (χ1v) is 7.91. The first kappa shape index (κ1) is 16.0. The molecule has 1 aromatic heterocycles. The molecule has 0 aliphatic carbocycles. The fourth-order valence-electron chi connectivity index (χ4n) is 2.55. The van der Waals surface area contributed by atoms with E-state index in [1.807, 2.05) is 60.7 Å². The number of carbonyl (C=O) groups is 1. The predicted molar refractivity (Wildman–Crippen MR) is 93.8 cm³/mol. The van der Waals surface area contributed by atoms with Gasteiger partial charge in [-0.2, -0.15) is 5.10 Å². The summed E-state index contributed by atoms with van der Waals surface area (Å²) in [6, 6.07) is 19.6. The Hall–Kier alpha value is -2.92. The molecule has 0 atom stereocenters. The fourth-order valence-corrected chi connectivity index (χ4v) is 2.55. The van der Waals surface area contributed by atoms with Crippen LogP contribution in [0.15, 0.2) is 73.1 Å². The van der Waals surface area contributed by atoms with Gasteiger partial charge in [-0.25, -0.2) is 4.68 Å². The van der Waals surface area contributed by atoms with Crippen molar-refractivity contribution in [2.45, 2.75) is 6.54 Å². The zero-order valence-electron chi connectivity index (χ0n) is 13.4. The lowest BCUT2D eigenvalue weighted by Gasteiger charge is -2.21. The van der Waals surface area contributed by atoms with Crippen molar-refractivity contribution in [2.24, 2.45) is 5.73 Å². The van der Waals surface area contributed by atoms with Crippen molar-refractivity contribution in [1.29, 1.82) is 0 Å². The van der Waals surface area contributed by atoms with Gasteiger partial charge in [0.15, 0.2) is 0 Å². The van der Waals surface area contributed by atoms with Crippen LogP contribution in [0.4, 0.5) is 0 Å². The highest BCUT2D eigenvalue weighted by Crippen LogP contribution is 2.12. The number of amides is 1. The molecule has 0 aliphatic heterocycles. The number of nitrogens with zero attached hydrogens (tertiary/aromatic N) is 3. The fraction of sp³-hybridized carbons (Fsp3) is 0.158. The van der Waals surface area contributed by atoms with E-state index >= 15 is 0 Å². The Balaban J connectivity index is 1.79. The molecule has 1 amide bonds. The van der Waals surface area contributed by atoms with Crippen molar-refractivity contribution < 1.29 is 4.79 Å². The van der Waals surface area contributed by atoms with Crippen LogP contribution >= 0.6 is 0 Å². The third-order valence-electron chi connectivity index (χ3n) is 3.75. The topological polar surface area (TPSA) is 64.2 Å². The molecule has 5 nitrogen and oxygen atoms in total. The smallest absolute Gasteiger partial charge is 0.257 e. The summed E-state index contributed by atoms with van der Waals surface area (Å²) in [7, 11) is 0. The van der Waals surface area contributed by atoms with E-state index < -0.39 is 0 Å². The average molecular weight is 320 g/mol. The number of hydrogen-bond acceptors (Lipinski definition) is 3. The van der Waals surface area contributed by atoms with Gasteiger partial charge >= 0.3 is 0 Å². The Bertz CT molecular complexity index is 783. The Kier molecular flexibility index (Phi) is 5.03. The number of aromatic nitrogens is 2. The second-order valence-electron chi connectivity index (χ2n) is 5.51. The van der Waals surface area contributed by atoms with Crippen LogP contribution in [0.25, 0.3) is 5.69 Å². The molecule has 3 rings (SSSR count). The van der Waals surface area contributed by atoms with E-state index in [0.717, 1.165) is 11.3 Å². The quantitative estimate of drug-likeness (QED) is 0.759. The highest BCUT2D eigenvalue weighted by atomic mass is 16.2. The van der Waals surface area contributed by atoms with Crippen molar-refractivity contribution in [3.8, 4) is 5.69 Å². The van der Waals surface area contributed by atoms with Gasteiger partial charge in [-0.15, -0.1) is 0 Å². The number of hydrogen-bond donors (Lipinski definition) is 1. The summed E-state index contributed by atoms with van der Waals surface area (Å²) in [6.45, 7) is 1.46. The second kappa shape index (κ2) is 7.57. The Morgan fingerprint density at radius 2 is 1.71 bits per heavy atom. The summed E-state index contributed by atoms with van der Waals surface area (Å²) in [6.07, 6.45) is 3.36. The molecule has 0 saturated carbocycles. The normalized spacial score (nSPS) is 10.5. The minimum absolute atomic E-state index is 0.0634. The van der Waals surface area contributed by atoms with E-state index in [9.17, 15) is 4.79 Å². The van der Waals surface area contributed by atoms with E-state index in [4.69, 9.17) is 5.73 Å². The molecule has 1 heterocycles. The van der Waals surface area contributed by atoms with Gasteiger partial charge in [0, 0.05) is 25.8 Å². The first-order valence-electron chi connectivity index (χ1n) is 7.91. The summed E-state index contributed by atoms with van der Waals surface area (Å²) in [4.78, 5) is 14.6. The first-order chi connectivity index (χ1) is 11.8. The van der Waals surface area contributed by atoms with Crippen LogP contribution in [0.5, 0.6) is 0 Å². The van der Waals surface area contributed by atoms with Gasteiger partial charge in [0.05, 0.1) is 17.4 Å². The van der Waals surface area contributed by atoms with Crippen LogP contribution in [0.3, 0.4) is 0 Å². The maximum atomic E-state index is 12.8. The van der Waals surface area contributed by atoms with Gasteiger partial charge in [0.25, 0.3) is 5.91 Å². The van der Waals surface area contributed by atoms with Crippen LogP contribution in [0.1, 0.15) is 15.9 Å². The summed E-state index contributed by atoms with van der Waals surface area (Å²) in [5.74, 6) is -0.0634. The molecule has 0 unspecified atom stereocenters. The average Bonchev–Trinajstić information content (AvgIpc) is 3.12. The third-order valence-corrected chi connectivity index (χ3v) is 3.75. The molecular formula is C19H20N4O. The van der Waals surface area contributed by atoms with E-state index in [1.54, 1.807) is 22.0 Å². The number of rotatable bonds is 6. The molecule has 24 heavy (non-hydrogen) atoms. The van der Waals surface area contributed by atoms with E-state index in [2.05, 4.69) is 5.10 Å². The summed E-state index contributed by atoms with van der Waals surface area (Å²) >= 11 is 0. The molecule has 3 aromatic rings. The molecular weight excluding hydrogens is 300 g/mol.